The number of guanidine groups is 1. The van der Waals surface area contributed by atoms with Gasteiger partial charge in [-0.1, -0.05) is 60.7 Å². The number of amides is 10. The zero-order valence-corrected chi connectivity index (χ0v) is 41.9. The number of likely N-dealkylation sites (tertiary alicyclic amines) is 1. The predicted octanol–water partition coefficient (Wildman–Crippen LogP) is -3.72. The minimum absolute atomic E-state index is 0.0310. The van der Waals surface area contributed by atoms with Crippen molar-refractivity contribution in [3.05, 3.63) is 71.8 Å². The van der Waals surface area contributed by atoms with Crippen LogP contribution >= 0.6 is 11.8 Å². The second kappa shape index (κ2) is 30.5. The molecule has 0 spiro atoms. The van der Waals surface area contributed by atoms with Gasteiger partial charge in [0.1, 0.15) is 42.3 Å². The third-order valence-electron chi connectivity index (χ3n) is 11.3. The Morgan fingerprint density at radius 3 is 1.69 bits per heavy atom. The first-order valence-electron chi connectivity index (χ1n) is 23.5. The van der Waals surface area contributed by atoms with Gasteiger partial charge in [-0.05, 0) is 76.0 Å². The van der Waals surface area contributed by atoms with E-state index in [4.69, 9.17) is 22.9 Å². The van der Waals surface area contributed by atoms with Crippen LogP contribution in [0.3, 0.4) is 0 Å². The maximum Gasteiger partial charge on any atom is 0.243 e. The summed E-state index contributed by atoms with van der Waals surface area (Å²) in [5, 5.41) is 20.5. The summed E-state index contributed by atoms with van der Waals surface area (Å²) in [5.74, 6) is -6.58. The highest BCUT2D eigenvalue weighted by atomic mass is 32.2. The molecule has 0 radical (unpaired) electrons. The summed E-state index contributed by atoms with van der Waals surface area (Å²) in [6.45, 7) is 3.64. The standard InChI is InChI=1S/C47H70N14O10S/c1-27(48)46(71)61-21-12-18-36(61)45(70)56-29(3)41(66)55-28(2)40(65)53-25-38(63)58-35(24-31-15-9-6-10-16-31)44(69)60-34(23-30-13-7-5-8-14-30)42(67)54-26-37(62)57-33(19-22-72-4)43(68)59-32(39(49)64)17-11-20-52-47(50)51/h5-10,13-16,27-29,32-36H,11-12,17-26,48H2,1-4H3,(H2,49,64)(H,53,65)(H,54,67)(H,55,66)(H,56,70)(H,57,62)(H,58,63)(H,59,68)(H,60,69)(H4,50,51,52)/t27-,28-,29-,32-,33-,34-,35-,36-/m0/s1. The third-order valence-corrected chi connectivity index (χ3v) is 11.9. The van der Waals surface area contributed by atoms with E-state index in [1.165, 1.54) is 37.4 Å². The lowest BCUT2D eigenvalue weighted by Gasteiger charge is -2.27. The van der Waals surface area contributed by atoms with Gasteiger partial charge in [0.2, 0.25) is 59.1 Å². The molecule has 0 aliphatic carbocycles. The summed E-state index contributed by atoms with van der Waals surface area (Å²) in [6.07, 6.45) is 3.37. The van der Waals surface area contributed by atoms with Crippen molar-refractivity contribution >= 4 is 76.8 Å². The van der Waals surface area contributed by atoms with Crippen LogP contribution in [0.15, 0.2) is 65.7 Å². The number of aliphatic imine (C=N–C) groups is 1. The van der Waals surface area contributed by atoms with E-state index in [0.29, 0.717) is 42.7 Å². The molecule has 1 saturated heterocycles. The maximum absolute atomic E-state index is 14.1. The van der Waals surface area contributed by atoms with E-state index in [-0.39, 0.29) is 44.1 Å². The van der Waals surface area contributed by atoms with Crippen LogP contribution in [0.5, 0.6) is 0 Å². The molecule has 25 heteroatoms. The lowest BCUT2D eigenvalue weighted by Crippen LogP contribution is -2.58. The highest BCUT2D eigenvalue weighted by Gasteiger charge is 2.36. The molecule has 2 aromatic rings. The zero-order chi connectivity index (χ0) is 53.3. The van der Waals surface area contributed by atoms with Crippen molar-refractivity contribution in [1.29, 1.82) is 0 Å². The van der Waals surface area contributed by atoms with E-state index < -0.39 is 115 Å². The first-order valence-corrected chi connectivity index (χ1v) is 24.9. The number of thioether (sulfide) groups is 1. The SMILES string of the molecule is CSCC[C@H](NC(=O)CNC(=O)[C@H](Cc1ccccc1)NC(=O)[C@H](Cc1ccccc1)NC(=O)CNC(=O)[C@H](C)NC(=O)[C@H](C)NC(=O)[C@@H]1CCCN1C(=O)[C@H](C)N)C(=O)N[C@@H](CCCN=C(N)N)C(N)=O. The summed E-state index contributed by atoms with van der Waals surface area (Å²) in [7, 11) is 0. The normalized spacial score (nSPS) is 15.8. The van der Waals surface area contributed by atoms with Crippen LogP contribution < -0.4 is 65.5 Å². The number of hydrogen-bond donors (Lipinski definition) is 12. The molecule has 1 aliphatic rings. The van der Waals surface area contributed by atoms with Crippen molar-refractivity contribution in [2.75, 3.05) is 38.2 Å². The van der Waals surface area contributed by atoms with Gasteiger partial charge in [-0.25, -0.2) is 0 Å². The molecule has 2 aromatic carbocycles. The van der Waals surface area contributed by atoms with Crippen molar-refractivity contribution in [2.45, 2.75) is 114 Å². The smallest absolute Gasteiger partial charge is 0.243 e. The molecule has 0 aromatic heterocycles. The van der Waals surface area contributed by atoms with Crippen LogP contribution in [0.4, 0.5) is 0 Å². The summed E-state index contributed by atoms with van der Waals surface area (Å²) < 4.78 is 0. The number of nitrogens with zero attached hydrogens (tertiary/aromatic N) is 2. The Hall–Kier alpha value is -7.28. The fourth-order valence-corrected chi connectivity index (χ4v) is 7.87. The Bertz CT molecular complexity index is 2220. The molecule has 0 bridgehead atoms. The summed E-state index contributed by atoms with van der Waals surface area (Å²) in [4.78, 5) is 137. The van der Waals surface area contributed by atoms with Crippen molar-refractivity contribution in [3.8, 4) is 0 Å². The van der Waals surface area contributed by atoms with Gasteiger partial charge in [-0.3, -0.25) is 52.9 Å². The molecule has 1 fully saturated rings. The molecule has 3 rings (SSSR count). The lowest BCUT2D eigenvalue weighted by atomic mass is 10.0. The number of rotatable bonds is 29. The quantitative estimate of drug-likeness (QED) is 0.0212. The van der Waals surface area contributed by atoms with E-state index in [2.05, 4.69) is 47.5 Å². The number of nitrogens with one attached hydrogen (secondary N) is 8. The Balaban J connectivity index is 1.66. The molecule has 1 aliphatic heterocycles. The van der Waals surface area contributed by atoms with Gasteiger partial charge >= 0.3 is 0 Å². The monoisotopic (exact) mass is 1020 g/mol. The molecule has 1 heterocycles. The summed E-state index contributed by atoms with van der Waals surface area (Å²) in [5.41, 5.74) is 23.3. The highest BCUT2D eigenvalue weighted by Crippen LogP contribution is 2.18. The molecule has 0 saturated carbocycles. The largest absolute Gasteiger partial charge is 0.370 e. The molecule has 394 valence electrons. The zero-order valence-electron chi connectivity index (χ0n) is 41.1. The molecular weight excluding hydrogens is 953 g/mol. The molecule has 10 amide bonds. The third kappa shape index (κ3) is 20.6. The average Bonchev–Trinajstić information content (AvgIpc) is 3.84. The van der Waals surface area contributed by atoms with Crippen molar-refractivity contribution in [3.63, 3.8) is 0 Å². The van der Waals surface area contributed by atoms with Gasteiger partial charge in [0.15, 0.2) is 5.96 Å². The van der Waals surface area contributed by atoms with E-state index in [1.807, 2.05) is 6.26 Å². The molecular formula is C47H70N14O10S. The molecule has 24 nitrogen and oxygen atoms in total. The van der Waals surface area contributed by atoms with Gasteiger partial charge in [-0.2, -0.15) is 11.8 Å². The number of nitrogens with two attached hydrogens (primary N) is 4. The van der Waals surface area contributed by atoms with Crippen LogP contribution in [0.25, 0.3) is 0 Å². The van der Waals surface area contributed by atoms with Crippen LogP contribution in [0.1, 0.15) is 64.0 Å². The Labute approximate surface area is 422 Å². The molecule has 16 N–H and O–H groups in total. The molecule has 72 heavy (non-hydrogen) atoms. The first-order chi connectivity index (χ1) is 34.2. The molecule has 0 unspecified atom stereocenters. The van der Waals surface area contributed by atoms with Crippen molar-refractivity contribution < 1.29 is 47.9 Å². The fourth-order valence-electron chi connectivity index (χ4n) is 7.40. The highest BCUT2D eigenvalue weighted by molar-refractivity contribution is 7.98. The van der Waals surface area contributed by atoms with E-state index >= 15 is 0 Å². The Morgan fingerprint density at radius 2 is 1.15 bits per heavy atom. The van der Waals surface area contributed by atoms with Crippen LogP contribution in [0, 0.1) is 0 Å². The predicted molar refractivity (Wildman–Crippen MR) is 270 cm³/mol. The van der Waals surface area contributed by atoms with Gasteiger partial charge in [0, 0.05) is 25.9 Å². The second-order valence-electron chi connectivity index (χ2n) is 17.2. The van der Waals surface area contributed by atoms with Crippen molar-refractivity contribution in [1.82, 2.24) is 47.4 Å². The number of benzene rings is 2. The number of primary amides is 1. The molecule has 8 atom stereocenters. The van der Waals surface area contributed by atoms with E-state index in [1.54, 1.807) is 60.7 Å². The van der Waals surface area contributed by atoms with E-state index in [9.17, 15) is 47.9 Å². The summed E-state index contributed by atoms with van der Waals surface area (Å²) in [6, 6.07) is 8.83. The first kappa shape index (κ1) is 59.0. The Morgan fingerprint density at radius 1 is 0.639 bits per heavy atom. The van der Waals surface area contributed by atoms with Gasteiger partial charge < -0.3 is 70.4 Å². The van der Waals surface area contributed by atoms with Gasteiger partial charge in [0.05, 0.1) is 19.1 Å². The maximum atomic E-state index is 14.1. The average molecular weight is 1020 g/mol. The van der Waals surface area contributed by atoms with Gasteiger partial charge in [-0.15, -0.1) is 0 Å². The topological polar surface area (TPSA) is 387 Å². The van der Waals surface area contributed by atoms with Crippen LogP contribution in [-0.2, 0) is 60.8 Å². The minimum Gasteiger partial charge on any atom is -0.370 e. The van der Waals surface area contributed by atoms with Crippen LogP contribution in [0.2, 0.25) is 0 Å². The number of carbonyl (C=O) groups is 10. The van der Waals surface area contributed by atoms with Crippen molar-refractivity contribution in [2.24, 2.45) is 27.9 Å². The van der Waals surface area contributed by atoms with Crippen LogP contribution in [-0.4, -0.2) is 156 Å². The second-order valence-corrected chi connectivity index (χ2v) is 18.2. The fraction of sp³-hybridized carbons (Fsp3) is 0.511. The van der Waals surface area contributed by atoms with Gasteiger partial charge in [0.25, 0.3) is 0 Å². The lowest BCUT2D eigenvalue weighted by molar-refractivity contribution is -0.140. The minimum atomic E-state index is -1.28. The number of carbonyl (C=O) groups excluding carboxylic acids is 10. The summed E-state index contributed by atoms with van der Waals surface area (Å²) >= 11 is 1.42. The Kier molecular flexibility index (Phi) is 25.0. The van der Waals surface area contributed by atoms with E-state index in [0.717, 1.165) is 0 Å². The number of hydrogen-bond acceptors (Lipinski definition) is 13.